The van der Waals surface area contributed by atoms with Crippen LogP contribution in [0.15, 0.2) is 34.4 Å². The van der Waals surface area contributed by atoms with Crippen LogP contribution in [0.3, 0.4) is 0 Å². The SMILES string of the molecule is COc1ccc2c(c1)c1ccsc1c(=O)n2C. The minimum atomic E-state index is 0.0627. The Hall–Kier alpha value is -1.81. The molecule has 0 amide bonds. The van der Waals surface area contributed by atoms with Crippen molar-refractivity contribution in [2.24, 2.45) is 7.05 Å². The number of aromatic nitrogens is 1. The molecule has 0 saturated carbocycles. The molecule has 2 aromatic heterocycles. The van der Waals surface area contributed by atoms with Crippen molar-refractivity contribution in [3.8, 4) is 5.75 Å². The maximum atomic E-state index is 12.1. The summed E-state index contributed by atoms with van der Waals surface area (Å²) in [5.74, 6) is 0.809. The van der Waals surface area contributed by atoms with Crippen LogP contribution in [0.25, 0.3) is 21.0 Å². The first-order valence-electron chi connectivity index (χ1n) is 5.26. The Balaban J connectivity index is 2.61. The molecule has 1 aromatic carbocycles. The molecule has 0 aliphatic rings. The Kier molecular flexibility index (Phi) is 2.19. The average molecular weight is 245 g/mol. The first-order chi connectivity index (χ1) is 8.22. The van der Waals surface area contributed by atoms with E-state index in [9.17, 15) is 4.79 Å². The van der Waals surface area contributed by atoms with E-state index in [4.69, 9.17) is 4.74 Å². The summed E-state index contributed by atoms with van der Waals surface area (Å²) in [5.41, 5.74) is 0.995. The molecule has 3 rings (SSSR count). The number of hydrogen-bond acceptors (Lipinski definition) is 3. The topological polar surface area (TPSA) is 31.2 Å². The predicted molar refractivity (Wildman–Crippen MR) is 71.1 cm³/mol. The van der Waals surface area contributed by atoms with Gasteiger partial charge in [-0.3, -0.25) is 4.79 Å². The molecule has 17 heavy (non-hydrogen) atoms. The number of thiophene rings is 1. The molecule has 0 fully saturated rings. The van der Waals surface area contributed by atoms with Gasteiger partial charge in [-0.25, -0.2) is 0 Å². The van der Waals surface area contributed by atoms with Gasteiger partial charge in [0.2, 0.25) is 0 Å². The molecule has 0 N–H and O–H groups in total. The van der Waals surface area contributed by atoms with Crippen molar-refractivity contribution in [1.29, 1.82) is 0 Å². The molecule has 0 aliphatic heterocycles. The minimum Gasteiger partial charge on any atom is -0.497 e. The van der Waals surface area contributed by atoms with Gasteiger partial charge in [0.05, 0.1) is 12.6 Å². The number of fused-ring (bicyclic) bond motifs is 3. The van der Waals surface area contributed by atoms with Crippen LogP contribution in [0.1, 0.15) is 0 Å². The highest BCUT2D eigenvalue weighted by Gasteiger charge is 2.09. The lowest BCUT2D eigenvalue weighted by atomic mass is 10.1. The average Bonchev–Trinajstić information content (AvgIpc) is 2.84. The normalized spacial score (nSPS) is 11.2. The number of nitrogens with zero attached hydrogens (tertiary/aromatic N) is 1. The summed E-state index contributed by atoms with van der Waals surface area (Å²) < 4.78 is 7.72. The van der Waals surface area contributed by atoms with Crippen molar-refractivity contribution in [1.82, 2.24) is 4.57 Å². The molecule has 86 valence electrons. The smallest absolute Gasteiger partial charge is 0.268 e. The van der Waals surface area contributed by atoms with Crippen molar-refractivity contribution in [2.75, 3.05) is 7.11 Å². The number of pyridine rings is 1. The van der Waals surface area contributed by atoms with Gasteiger partial charge in [-0.05, 0) is 29.6 Å². The van der Waals surface area contributed by atoms with Crippen molar-refractivity contribution in [2.45, 2.75) is 0 Å². The Morgan fingerprint density at radius 3 is 2.82 bits per heavy atom. The third kappa shape index (κ3) is 1.37. The highest BCUT2D eigenvalue weighted by atomic mass is 32.1. The molecule has 4 heteroatoms. The Morgan fingerprint density at radius 2 is 2.06 bits per heavy atom. The fraction of sp³-hybridized carbons (Fsp3) is 0.154. The summed E-state index contributed by atoms with van der Waals surface area (Å²) in [6.07, 6.45) is 0. The van der Waals surface area contributed by atoms with Gasteiger partial charge in [0.1, 0.15) is 10.4 Å². The Labute approximate surface area is 102 Å². The van der Waals surface area contributed by atoms with Crippen molar-refractivity contribution < 1.29 is 4.74 Å². The van der Waals surface area contributed by atoms with E-state index < -0.39 is 0 Å². The van der Waals surface area contributed by atoms with E-state index >= 15 is 0 Å². The molecule has 0 spiro atoms. The van der Waals surface area contributed by atoms with Gasteiger partial charge in [-0.1, -0.05) is 0 Å². The maximum absolute atomic E-state index is 12.1. The predicted octanol–water partition coefficient (Wildman–Crippen LogP) is 2.76. The molecular weight excluding hydrogens is 234 g/mol. The summed E-state index contributed by atoms with van der Waals surface area (Å²) in [4.78, 5) is 12.1. The Morgan fingerprint density at radius 1 is 1.24 bits per heavy atom. The van der Waals surface area contributed by atoms with Crippen LogP contribution >= 0.6 is 11.3 Å². The van der Waals surface area contributed by atoms with Gasteiger partial charge in [0, 0.05) is 17.8 Å². The molecule has 0 atom stereocenters. The summed E-state index contributed by atoms with van der Waals surface area (Å²) >= 11 is 1.48. The number of aryl methyl sites for hydroxylation is 1. The lowest BCUT2D eigenvalue weighted by Crippen LogP contribution is -2.15. The van der Waals surface area contributed by atoms with Crippen LogP contribution in [0, 0.1) is 0 Å². The van der Waals surface area contributed by atoms with Gasteiger partial charge in [-0.2, -0.15) is 0 Å². The maximum Gasteiger partial charge on any atom is 0.268 e. The molecule has 0 aliphatic carbocycles. The zero-order valence-electron chi connectivity index (χ0n) is 9.56. The van der Waals surface area contributed by atoms with Crippen molar-refractivity contribution in [3.63, 3.8) is 0 Å². The first kappa shape index (κ1) is 10.4. The summed E-state index contributed by atoms with van der Waals surface area (Å²) in [7, 11) is 3.45. The van der Waals surface area contributed by atoms with E-state index in [1.165, 1.54) is 11.3 Å². The molecule has 0 bridgehead atoms. The zero-order chi connectivity index (χ0) is 12.0. The van der Waals surface area contributed by atoms with E-state index in [1.807, 2.05) is 29.6 Å². The molecule has 0 radical (unpaired) electrons. The number of methoxy groups -OCH3 is 1. The van der Waals surface area contributed by atoms with Crippen LogP contribution < -0.4 is 10.3 Å². The number of rotatable bonds is 1. The van der Waals surface area contributed by atoms with Gasteiger partial charge < -0.3 is 9.30 Å². The molecule has 0 saturated heterocycles. The molecule has 2 heterocycles. The minimum absolute atomic E-state index is 0.0627. The molecular formula is C13H11NO2S. The largest absolute Gasteiger partial charge is 0.497 e. The Bertz CT molecular complexity index is 770. The van der Waals surface area contributed by atoms with Gasteiger partial charge in [0.25, 0.3) is 5.56 Å². The lowest BCUT2D eigenvalue weighted by molar-refractivity contribution is 0.415. The molecule has 3 nitrogen and oxygen atoms in total. The fourth-order valence-electron chi connectivity index (χ4n) is 2.10. The number of hydrogen-bond donors (Lipinski definition) is 0. The monoisotopic (exact) mass is 245 g/mol. The van der Waals surface area contributed by atoms with Gasteiger partial charge >= 0.3 is 0 Å². The quantitative estimate of drug-likeness (QED) is 0.660. The highest BCUT2D eigenvalue weighted by Crippen LogP contribution is 2.28. The fourth-order valence-corrected chi connectivity index (χ4v) is 2.98. The molecule has 3 aromatic rings. The highest BCUT2D eigenvalue weighted by molar-refractivity contribution is 7.17. The number of ether oxygens (including phenoxy) is 1. The zero-order valence-corrected chi connectivity index (χ0v) is 10.4. The van der Waals surface area contributed by atoms with E-state index in [2.05, 4.69) is 0 Å². The van der Waals surface area contributed by atoms with E-state index in [0.717, 1.165) is 26.7 Å². The van der Waals surface area contributed by atoms with E-state index in [0.29, 0.717) is 0 Å². The second-order valence-corrected chi connectivity index (χ2v) is 4.83. The van der Waals surface area contributed by atoms with Crippen LogP contribution in [-0.4, -0.2) is 11.7 Å². The van der Waals surface area contributed by atoms with Crippen LogP contribution in [-0.2, 0) is 7.05 Å². The van der Waals surface area contributed by atoms with Crippen LogP contribution in [0.4, 0.5) is 0 Å². The van der Waals surface area contributed by atoms with Gasteiger partial charge in [-0.15, -0.1) is 11.3 Å². The number of benzene rings is 1. The third-order valence-electron chi connectivity index (χ3n) is 3.02. The van der Waals surface area contributed by atoms with E-state index in [-0.39, 0.29) is 5.56 Å². The van der Waals surface area contributed by atoms with E-state index in [1.54, 1.807) is 18.7 Å². The summed E-state index contributed by atoms with van der Waals surface area (Å²) in [5, 5.41) is 4.01. The van der Waals surface area contributed by atoms with Crippen molar-refractivity contribution >= 4 is 32.3 Å². The lowest BCUT2D eigenvalue weighted by Gasteiger charge is -2.08. The third-order valence-corrected chi connectivity index (χ3v) is 3.92. The standard InChI is InChI=1S/C13H11NO2S/c1-14-11-4-3-8(16-2)7-10(11)9-5-6-17-12(9)13(14)15/h3-7H,1-2H3. The van der Waals surface area contributed by atoms with Crippen LogP contribution in [0.5, 0.6) is 5.75 Å². The van der Waals surface area contributed by atoms with Crippen LogP contribution in [0.2, 0.25) is 0 Å². The summed E-state index contributed by atoms with van der Waals surface area (Å²) in [6, 6.07) is 7.76. The summed E-state index contributed by atoms with van der Waals surface area (Å²) in [6.45, 7) is 0. The van der Waals surface area contributed by atoms with Crippen molar-refractivity contribution in [3.05, 3.63) is 40.0 Å². The second kappa shape index (κ2) is 3.60. The molecule has 0 unspecified atom stereocenters. The second-order valence-electron chi connectivity index (χ2n) is 3.91. The van der Waals surface area contributed by atoms with Gasteiger partial charge in [0.15, 0.2) is 0 Å². The first-order valence-corrected chi connectivity index (χ1v) is 6.14.